The zero-order chi connectivity index (χ0) is 18.8. The quantitative estimate of drug-likeness (QED) is 0.737. The average molecular weight is 368 g/mol. The summed E-state index contributed by atoms with van der Waals surface area (Å²) in [6.07, 6.45) is 1.74. The summed E-state index contributed by atoms with van der Waals surface area (Å²) >= 11 is 0. The number of hydrogen-bond acceptors (Lipinski definition) is 3. The number of urea groups is 1. The fourth-order valence-electron chi connectivity index (χ4n) is 3.48. The van der Waals surface area contributed by atoms with Gasteiger partial charge in [0, 0.05) is 13.1 Å². The van der Waals surface area contributed by atoms with Crippen LogP contribution < -0.4 is 10.1 Å². The number of methoxy groups -OCH3 is 1. The molecule has 0 saturated carbocycles. The van der Waals surface area contributed by atoms with Crippen LogP contribution in [0.5, 0.6) is 5.75 Å². The van der Waals surface area contributed by atoms with Crippen molar-refractivity contribution in [3.05, 3.63) is 59.7 Å². The minimum atomic E-state index is -0.307. The second-order valence-electron chi connectivity index (χ2n) is 6.64. The smallest absolute Gasteiger partial charge is 0.318 e. The SMILES string of the molecule is COc1ccc(CNC(=O)N2CCC[C@@H]2c2nc3ccc(F)cc3[nH]2)cc1. The second kappa shape index (κ2) is 7.26. The number of imidazole rings is 1. The highest BCUT2D eigenvalue weighted by atomic mass is 19.1. The minimum Gasteiger partial charge on any atom is -0.497 e. The van der Waals surface area contributed by atoms with Gasteiger partial charge in [0.05, 0.1) is 24.2 Å². The van der Waals surface area contributed by atoms with Gasteiger partial charge in [0.15, 0.2) is 0 Å². The molecule has 3 aromatic rings. The van der Waals surface area contributed by atoms with Crippen LogP contribution in [0.25, 0.3) is 11.0 Å². The van der Waals surface area contributed by atoms with E-state index in [-0.39, 0.29) is 17.9 Å². The summed E-state index contributed by atoms with van der Waals surface area (Å²) in [6.45, 7) is 1.11. The Labute approximate surface area is 156 Å². The predicted molar refractivity (Wildman–Crippen MR) is 100.0 cm³/mol. The number of H-pyrrole nitrogens is 1. The highest BCUT2D eigenvalue weighted by Gasteiger charge is 2.32. The van der Waals surface area contributed by atoms with Gasteiger partial charge >= 0.3 is 6.03 Å². The first-order valence-electron chi connectivity index (χ1n) is 8.96. The summed E-state index contributed by atoms with van der Waals surface area (Å²) in [4.78, 5) is 22.2. The molecule has 2 N–H and O–H groups in total. The van der Waals surface area contributed by atoms with Crippen LogP contribution in [0.3, 0.4) is 0 Å². The van der Waals surface area contributed by atoms with Gasteiger partial charge in [0.1, 0.15) is 17.4 Å². The predicted octanol–water partition coefficient (Wildman–Crippen LogP) is 3.76. The maximum atomic E-state index is 13.4. The van der Waals surface area contributed by atoms with E-state index in [9.17, 15) is 9.18 Å². The van der Waals surface area contributed by atoms with Crippen LogP contribution in [0.1, 0.15) is 30.3 Å². The zero-order valence-electron chi connectivity index (χ0n) is 15.0. The van der Waals surface area contributed by atoms with Crippen molar-refractivity contribution in [2.75, 3.05) is 13.7 Å². The lowest BCUT2D eigenvalue weighted by atomic mass is 10.2. The molecule has 2 aromatic carbocycles. The molecule has 0 bridgehead atoms. The Morgan fingerprint density at radius 2 is 2.15 bits per heavy atom. The third-order valence-electron chi connectivity index (χ3n) is 4.89. The van der Waals surface area contributed by atoms with E-state index < -0.39 is 0 Å². The number of carbonyl (C=O) groups is 1. The van der Waals surface area contributed by atoms with Gasteiger partial charge in [-0.2, -0.15) is 0 Å². The molecular formula is C20H21FN4O2. The van der Waals surface area contributed by atoms with Crippen molar-refractivity contribution in [2.24, 2.45) is 0 Å². The van der Waals surface area contributed by atoms with Crippen molar-refractivity contribution < 1.29 is 13.9 Å². The maximum absolute atomic E-state index is 13.4. The Hall–Kier alpha value is -3.09. The van der Waals surface area contributed by atoms with Crippen LogP contribution in [0, 0.1) is 5.82 Å². The fourth-order valence-corrected chi connectivity index (χ4v) is 3.48. The molecule has 1 fully saturated rings. The lowest BCUT2D eigenvalue weighted by Gasteiger charge is -2.23. The Bertz CT molecular complexity index is 954. The zero-order valence-corrected chi connectivity index (χ0v) is 15.0. The highest BCUT2D eigenvalue weighted by molar-refractivity contribution is 5.77. The topological polar surface area (TPSA) is 70.2 Å². The summed E-state index contributed by atoms with van der Waals surface area (Å²) in [5.41, 5.74) is 2.35. The van der Waals surface area contributed by atoms with E-state index in [4.69, 9.17) is 4.74 Å². The Balaban J connectivity index is 1.45. The number of aromatic nitrogens is 2. The van der Waals surface area contributed by atoms with Crippen molar-refractivity contribution in [3.8, 4) is 5.75 Å². The number of rotatable bonds is 4. The van der Waals surface area contributed by atoms with Gasteiger partial charge in [-0.15, -0.1) is 0 Å². The molecule has 27 heavy (non-hydrogen) atoms. The first kappa shape index (κ1) is 17.3. The number of benzene rings is 2. The van der Waals surface area contributed by atoms with E-state index >= 15 is 0 Å². The molecule has 0 aliphatic carbocycles. The number of carbonyl (C=O) groups excluding carboxylic acids is 1. The summed E-state index contributed by atoms with van der Waals surface area (Å²) in [5, 5.41) is 2.97. The second-order valence-corrected chi connectivity index (χ2v) is 6.64. The number of amides is 2. The molecule has 7 heteroatoms. The Morgan fingerprint density at radius 1 is 1.33 bits per heavy atom. The molecule has 2 amide bonds. The summed E-state index contributed by atoms with van der Waals surface area (Å²) in [7, 11) is 1.62. The number of nitrogens with zero attached hydrogens (tertiary/aromatic N) is 2. The van der Waals surface area contributed by atoms with Crippen LogP contribution in [-0.2, 0) is 6.54 Å². The molecule has 0 unspecified atom stereocenters. The van der Waals surface area contributed by atoms with Crippen molar-refractivity contribution in [1.29, 1.82) is 0 Å². The van der Waals surface area contributed by atoms with Gasteiger partial charge in [0.25, 0.3) is 0 Å². The van der Waals surface area contributed by atoms with E-state index in [0.717, 1.165) is 24.2 Å². The van der Waals surface area contributed by atoms with Gasteiger partial charge in [-0.3, -0.25) is 0 Å². The minimum absolute atomic E-state index is 0.125. The molecule has 1 aliphatic heterocycles. The number of fused-ring (bicyclic) bond motifs is 1. The standard InChI is InChI=1S/C20H21FN4O2/c1-27-15-7-4-13(5-8-15)12-22-20(26)25-10-2-3-18(25)19-23-16-9-6-14(21)11-17(16)24-19/h4-9,11,18H,2-3,10,12H2,1H3,(H,22,26)(H,23,24)/t18-/m1/s1. The molecular weight excluding hydrogens is 347 g/mol. The first-order valence-corrected chi connectivity index (χ1v) is 8.96. The van der Waals surface area contributed by atoms with Crippen molar-refractivity contribution in [2.45, 2.75) is 25.4 Å². The molecule has 1 aromatic heterocycles. The molecule has 0 spiro atoms. The first-order chi connectivity index (χ1) is 13.1. The third-order valence-corrected chi connectivity index (χ3v) is 4.89. The lowest BCUT2D eigenvalue weighted by Crippen LogP contribution is -2.39. The number of halogens is 1. The molecule has 6 nitrogen and oxygen atoms in total. The number of ether oxygens (including phenoxy) is 1. The van der Waals surface area contributed by atoms with E-state index in [2.05, 4.69) is 15.3 Å². The van der Waals surface area contributed by atoms with E-state index in [1.807, 2.05) is 24.3 Å². The number of nitrogens with one attached hydrogen (secondary N) is 2. The summed E-state index contributed by atoms with van der Waals surface area (Å²) < 4.78 is 18.5. The summed E-state index contributed by atoms with van der Waals surface area (Å²) in [6, 6.07) is 11.8. The normalized spacial score (nSPS) is 16.7. The number of aromatic amines is 1. The fraction of sp³-hybridized carbons (Fsp3) is 0.300. The number of hydrogen-bond donors (Lipinski definition) is 2. The number of likely N-dealkylation sites (tertiary alicyclic amines) is 1. The average Bonchev–Trinajstić information content (AvgIpc) is 3.32. The molecule has 4 rings (SSSR count). The highest BCUT2D eigenvalue weighted by Crippen LogP contribution is 2.31. The largest absolute Gasteiger partial charge is 0.497 e. The maximum Gasteiger partial charge on any atom is 0.318 e. The lowest BCUT2D eigenvalue weighted by molar-refractivity contribution is 0.191. The van der Waals surface area contributed by atoms with Crippen LogP contribution in [0.4, 0.5) is 9.18 Å². The van der Waals surface area contributed by atoms with Crippen LogP contribution in [0.15, 0.2) is 42.5 Å². The Morgan fingerprint density at radius 3 is 2.93 bits per heavy atom. The molecule has 1 aliphatic rings. The van der Waals surface area contributed by atoms with Gasteiger partial charge in [-0.1, -0.05) is 12.1 Å². The van der Waals surface area contributed by atoms with Gasteiger partial charge < -0.3 is 19.9 Å². The van der Waals surface area contributed by atoms with Crippen LogP contribution in [-0.4, -0.2) is 34.6 Å². The molecule has 0 radical (unpaired) electrons. The molecule has 1 atom stereocenters. The van der Waals surface area contributed by atoms with Crippen LogP contribution >= 0.6 is 0 Å². The molecule has 140 valence electrons. The van der Waals surface area contributed by atoms with E-state index in [1.165, 1.54) is 12.1 Å². The van der Waals surface area contributed by atoms with E-state index in [0.29, 0.717) is 29.9 Å². The summed E-state index contributed by atoms with van der Waals surface area (Å²) in [5.74, 6) is 1.18. The van der Waals surface area contributed by atoms with Crippen LogP contribution in [0.2, 0.25) is 0 Å². The molecule has 1 saturated heterocycles. The third kappa shape index (κ3) is 3.58. The van der Waals surface area contributed by atoms with Gasteiger partial charge in [-0.05, 0) is 48.7 Å². The van der Waals surface area contributed by atoms with Gasteiger partial charge in [-0.25, -0.2) is 14.2 Å². The van der Waals surface area contributed by atoms with Gasteiger partial charge in [0.2, 0.25) is 0 Å². The Kier molecular flexibility index (Phi) is 4.66. The molecule has 2 heterocycles. The van der Waals surface area contributed by atoms with Crippen molar-refractivity contribution >= 4 is 17.1 Å². The van der Waals surface area contributed by atoms with Crippen molar-refractivity contribution in [3.63, 3.8) is 0 Å². The monoisotopic (exact) mass is 368 g/mol. The van der Waals surface area contributed by atoms with Crippen molar-refractivity contribution in [1.82, 2.24) is 20.2 Å². The van der Waals surface area contributed by atoms with E-state index in [1.54, 1.807) is 18.1 Å².